The Morgan fingerprint density at radius 2 is 1.88 bits per heavy atom. The van der Waals surface area contributed by atoms with Gasteiger partial charge in [-0.3, -0.25) is 9.69 Å². The lowest BCUT2D eigenvalue weighted by Crippen LogP contribution is -2.44. The average Bonchev–Trinajstić information content (AvgIpc) is 3.12. The van der Waals surface area contributed by atoms with Crippen LogP contribution in [0.4, 0.5) is 0 Å². The second kappa shape index (κ2) is 8.50. The Balaban J connectivity index is 1.52. The van der Waals surface area contributed by atoms with Crippen LogP contribution in [0, 0.1) is 5.92 Å². The second-order valence-electron chi connectivity index (χ2n) is 7.48. The molecule has 2 fully saturated rings. The van der Waals surface area contributed by atoms with Crippen LogP contribution in [0.3, 0.4) is 0 Å². The Kier molecular flexibility index (Phi) is 6.32. The highest BCUT2D eigenvalue weighted by molar-refractivity contribution is 7.88. The van der Waals surface area contributed by atoms with E-state index in [1.807, 2.05) is 12.1 Å². The minimum absolute atomic E-state index is 0.0525. The molecule has 144 valence electrons. The van der Waals surface area contributed by atoms with Gasteiger partial charge in [0.05, 0.1) is 12.2 Å². The number of likely N-dealkylation sites (tertiary alicyclic amines) is 1. The van der Waals surface area contributed by atoms with E-state index in [2.05, 4.69) is 22.3 Å². The van der Waals surface area contributed by atoms with Gasteiger partial charge in [0, 0.05) is 26.2 Å². The van der Waals surface area contributed by atoms with Crippen molar-refractivity contribution in [1.29, 1.82) is 0 Å². The Bertz CT molecular complexity index is 729. The summed E-state index contributed by atoms with van der Waals surface area (Å²) in [6, 6.07) is 8.35. The molecule has 0 bridgehead atoms. The minimum Gasteiger partial charge on any atom is -0.352 e. The van der Waals surface area contributed by atoms with Crippen molar-refractivity contribution in [2.24, 2.45) is 5.92 Å². The average molecular weight is 380 g/mol. The summed E-state index contributed by atoms with van der Waals surface area (Å²) in [5, 5.41) is 2.99. The van der Waals surface area contributed by atoms with Gasteiger partial charge in [-0.15, -0.1) is 0 Å². The summed E-state index contributed by atoms with van der Waals surface area (Å²) in [6.45, 7) is 4.59. The number of nitrogens with one attached hydrogen (secondary N) is 1. The zero-order chi connectivity index (χ0) is 18.6. The van der Waals surface area contributed by atoms with Gasteiger partial charge in [0.25, 0.3) is 0 Å². The number of piperidine rings is 1. The molecule has 1 atom stereocenters. The lowest BCUT2D eigenvalue weighted by Gasteiger charge is -2.30. The first-order valence-corrected chi connectivity index (χ1v) is 11.3. The number of sulfonamides is 1. The summed E-state index contributed by atoms with van der Waals surface area (Å²) < 4.78 is 24.8. The summed E-state index contributed by atoms with van der Waals surface area (Å²) in [4.78, 5) is 14.9. The van der Waals surface area contributed by atoms with Crippen LogP contribution in [0.1, 0.15) is 36.8 Å². The van der Waals surface area contributed by atoms with Crippen molar-refractivity contribution in [3.63, 3.8) is 0 Å². The molecule has 0 radical (unpaired) electrons. The van der Waals surface area contributed by atoms with E-state index in [9.17, 15) is 13.2 Å². The van der Waals surface area contributed by atoms with Crippen LogP contribution in [0.2, 0.25) is 0 Å². The number of amides is 1. The van der Waals surface area contributed by atoms with Crippen LogP contribution in [0.15, 0.2) is 24.3 Å². The van der Waals surface area contributed by atoms with Gasteiger partial charge in [-0.1, -0.05) is 24.3 Å². The summed E-state index contributed by atoms with van der Waals surface area (Å²) in [5.74, 6) is -0.311. The molecule has 2 aliphatic rings. The molecule has 2 heterocycles. The van der Waals surface area contributed by atoms with E-state index in [0.29, 0.717) is 19.6 Å². The van der Waals surface area contributed by atoms with Gasteiger partial charge in [-0.25, -0.2) is 12.7 Å². The van der Waals surface area contributed by atoms with E-state index in [1.165, 1.54) is 42.1 Å². The van der Waals surface area contributed by atoms with Crippen LogP contribution in [-0.4, -0.2) is 56.0 Å². The number of benzene rings is 1. The maximum absolute atomic E-state index is 12.5. The topological polar surface area (TPSA) is 69.7 Å². The number of nitrogens with zero attached hydrogens (tertiary/aromatic N) is 2. The van der Waals surface area contributed by atoms with Gasteiger partial charge in [-0.05, 0) is 49.9 Å². The zero-order valence-corrected chi connectivity index (χ0v) is 16.3. The minimum atomic E-state index is -3.23. The van der Waals surface area contributed by atoms with Crippen molar-refractivity contribution in [3.05, 3.63) is 35.4 Å². The molecule has 1 amide bonds. The predicted molar refractivity (Wildman–Crippen MR) is 102 cm³/mol. The van der Waals surface area contributed by atoms with Gasteiger partial charge in [0.15, 0.2) is 0 Å². The number of hydrogen-bond donors (Lipinski definition) is 1. The molecular formula is C19H29N3O3S. The van der Waals surface area contributed by atoms with Gasteiger partial charge >= 0.3 is 0 Å². The smallest absolute Gasteiger partial charge is 0.224 e. The SMILES string of the molecule is CS(=O)(=O)N1CCC[C@@H](C(=O)NCc2cccc(CN3CCCC3)c2)C1. The van der Waals surface area contributed by atoms with Gasteiger partial charge in [0.2, 0.25) is 15.9 Å². The van der Waals surface area contributed by atoms with Crippen molar-refractivity contribution in [3.8, 4) is 0 Å². The fourth-order valence-electron chi connectivity index (χ4n) is 3.83. The first-order chi connectivity index (χ1) is 12.4. The number of carbonyl (C=O) groups excluding carboxylic acids is 1. The maximum Gasteiger partial charge on any atom is 0.224 e. The molecular weight excluding hydrogens is 350 g/mol. The van der Waals surface area contributed by atoms with Crippen molar-refractivity contribution >= 4 is 15.9 Å². The van der Waals surface area contributed by atoms with E-state index >= 15 is 0 Å². The van der Waals surface area contributed by atoms with Crippen LogP contribution in [-0.2, 0) is 27.9 Å². The fourth-order valence-corrected chi connectivity index (χ4v) is 4.74. The lowest BCUT2D eigenvalue weighted by atomic mass is 9.98. The molecule has 0 aliphatic carbocycles. The van der Waals surface area contributed by atoms with Crippen molar-refractivity contribution in [1.82, 2.24) is 14.5 Å². The Morgan fingerprint density at radius 1 is 1.15 bits per heavy atom. The highest BCUT2D eigenvalue weighted by atomic mass is 32.2. The maximum atomic E-state index is 12.5. The Hall–Kier alpha value is -1.44. The molecule has 0 aromatic heterocycles. The number of rotatable bonds is 6. The molecule has 2 saturated heterocycles. The molecule has 6 nitrogen and oxygen atoms in total. The van der Waals surface area contributed by atoms with E-state index < -0.39 is 10.0 Å². The monoisotopic (exact) mass is 379 g/mol. The molecule has 1 aromatic rings. The zero-order valence-electron chi connectivity index (χ0n) is 15.5. The molecule has 3 rings (SSSR count). The Morgan fingerprint density at radius 3 is 2.62 bits per heavy atom. The van der Waals surface area contributed by atoms with Crippen LogP contribution in [0.25, 0.3) is 0 Å². The summed E-state index contributed by atoms with van der Waals surface area (Å²) in [6.07, 6.45) is 5.24. The van der Waals surface area contributed by atoms with Crippen molar-refractivity contribution in [2.45, 2.75) is 38.8 Å². The fraction of sp³-hybridized carbons (Fsp3) is 0.632. The van der Waals surface area contributed by atoms with E-state index in [1.54, 1.807) is 0 Å². The lowest BCUT2D eigenvalue weighted by molar-refractivity contribution is -0.126. The molecule has 7 heteroatoms. The molecule has 1 N–H and O–H groups in total. The molecule has 1 aromatic carbocycles. The summed E-state index contributed by atoms with van der Waals surface area (Å²) in [7, 11) is -3.23. The third-order valence-electron chi connectivity index (χ3n) is 5.29. The first-order valence-electron chi connectivity index (χ1n) is 9.45. The molecule has 2 aliphatic heterocycles. The summed E-state index contributed by atoms with van der Waals surface area (Å²) in [5.41, 5.74) is 2.37. The van der Waals surface area contributed by atoms with Crippen molar-refractivity contribution in [2.75, 3.05) is 32.4 Å². The van der Waals surface area contributed by atoms with E-state index in [0.717, 1.165) is 24.9 Å². The first kappa shape index (κ1) is 19.3. The largest absolute Gasteiger partial charge is 0.352 e. The normalized spacial score (nSPS) is 22.4. The molecule has 0 spiro atoms. The van der Waals surface area contributed by atoms with Crippen LogP contribution < -0.4 is 5.32 Å². The number of carbonyl (C=O) groups is 1. The second-order valence-corrected chi connectivity index (χ2v) is 9.46. The highest BCUT2D eigenvalue weighted by Gasteiger charge is 2.29. The quantitative estimate of drug-likeness (QED) is 0.815. The third kappa shape index (κ3) is 5.28. The van der Waals surface area contributed by atoms with Crippen LogP contribution >= 0.6 is 0 Å². The van der Waals surface area contributed by atoms with Crippen molar-refractivity contribution < 1.29 is 13.2 Å². The standard InChI is InChI=1S/C19H29N3O3S/c1-26(24,25)22-11-5-8-18(15-22)19(23)20-13-16-6-4-7-17(12-16)14-21-9-2-3-10-21/h4,6-7,12,18H,2-3,5,8-11,13-15H2,1H3,(H,20,23)/t18-/m1/s1. The van der Waals surface area contributed by atoms with Gasteiger partial charge < -0.3 is 5.32 Å². The van der Waals surface area contributed by atoms with Crippen LogP contribution in [0.5, 0.6) is 0 Å². The summed E-state index contributed by atoms with van der Waals surface area (Å²) >= 11 is 0. The van der Waals surface area contributed by atoms with E-state index in [-0.39, 0.29) is 11.8 Å². The van der Waals surface area contributed by atoms with Gasteiger partial charge in [-0.2, -0.15) is 0 Å². The predicted octanol–water partition coefficient (Wildman–Crippen LogP) is 1.57. The van der Waals surface area contributed by atoms with Gasteiger partial charge in [0.1, 0.15) is 0 Å². The van der Waals surface area contributed by atoms with E-state index in [4.69, 9.17) is 0 Å². The molecule has 0 unspecified atom stereocenters. The molecule has 0 saturated carbocycles. The molecule has 26 heavy (non-hydrogen) atoms. The third-order valence-corrected chi connectivity index (χ3v) is 6.56. The Labute approximate surface area is 156 Å². The number of hydrogen-bond acceptors (Lipinski definition) is 4. The highest BCUT2D eigenvalue weighted by Crippen LogP contribution is 2.19.